The van der Waals surface area contributed by atoms with Gasteiger partial charge in [0.05, 0.1) is 23.8 Å². The van der Waals surface area contributed by atoms with Gasteiger partial charge in [0.15, 0.2) is 0 Å². The van der Waals surface area contributed by atoms with Gasteiger partial charge in [0.1, 0.15) is 17.4 Å². The van der Waals surface area contributed by atoms with Crippen LogP contribution in [0.15, 0.2) is 36.4 Å². The molecule has 0 aliphatic carbocycles. The minimum atomic E-state index is -0.702. The first-order chi connectivity index (χ1) is 9.60. The van der Waals surface area contributed by atoms with Crippen LogP contribution in [0.2, 0.25) is 0 Å². The maximum absolute atomic E-state index is 13.9. The van der Waals surface area contributed by atoms with Crippen LogP contribution >= 0.6 is 0 Å². The largest absolute Gasteiger partial charge is 0.497 e. The lowest BCUT2D eigenvalue weighted by Crippen LogP contribution is -2.03. The normalized spacial score (nSPS) is 10.9. The molecule has 0 unspecified atom stereocenters. The molecule has 3 rings (SSSR count). The van der Waals surface area contributed by atoms with Gasteiger partial charge in [0, 0.05) is 12.1 Å². The highest BCUT2D eigenvalue weighted by Gasteiger charge is 2.14. The Bertz CT molecular complexity index is 798. The van der Waals surface area contributed by atoms with Crippen molar-refractivity contribution in [1.29, 1.82) is 0 Å². The Kier molecular flexibility index (Phi) is 2.78. The van der Waals surface area contributed by atoms with E-state index in [1.807, 2.05) is 0 Å². The van der Waals surface area contributed by atoms with E-state index >= 15 is 0 Å². The summed E-state index contributed by atoms with van der Waals surface area (Å²) in [6, 6.07) is 8.45. The van der Waals surface area contributed by atoms with Crippen molar-refractivity contribution >= 4 is 17.0 Å². The first kappa shape index (κ1) is 12.4. The Morgan fingerprint density at radius 3 is 2.65 bits per heavy atom. The molecule has 2 N–H and O–H groups in total. The lowest BCUT2D eigenvalue weighted by molar-refractivity contribution is 0.415. The van der Waals surface area contributed by atoms with E-state index in [-0.39, 0.29) is 11.6 Å². The highest BCUT2D eigenvalue weighted by atomic mass is 19.1. The second-order valence-electron chi connectivity index (χ2n) is 4.26. The minimum absolute atomic E-state index is 0.124. The van der Waals surface area contributed by atoms with Crippen LogP contribution in [-0.4, -0.2) is 16.7 Å². The molecular formula is C14H11F2N3O. The second kappa shape index (κ2) is 4.48. The Morgan fingerprint density at radius 1 is 1.15 bits per heavy atom. The predicted molar refractivity (Wildman–Crippen MR) is 72.0 cm³/mol. The van der Waals surface area contributed by atoms with E-state index in [1.54, 1.807) is 25.3 Å². The zero-order valence-electron chi connectivity index (χ0n) is 10.6. The monoisotopic (exact) mass is 275 g/mol. The number of rotatable bonds is 2. The van der Waals surface area contributed by atoms with Crippen molar-refractivity contribution in [3.05, 3.63) is 48.0 Å². The van der Waals surface area contributed by atoms with E-state index in [1.165, 1.54) is 16.7 Å². The molecule has 0 saturated carbocycles. The summed E-state index contributed by atoms with van der Waals surface area (Å²) in [6.07, 6.45) is 0. The van der Waals surface area contributed by atoms with E-state index in [4.69, 9.17) is 10.5 Å². The number of hydrogen-bond donors (Lipinski definition) is 1. The number of hydrogen-bond acceptors (Lipinski definition) is 3. The molecule has 3 aromatic rings. The molecule has 0 bridgehead atoms. The van der Waals surface area contributed by atoms with Crippen LogP contribution in [0.5, 0.6) is 5.75 Å². The molecule has 0 saturated heterocycles. The van der Waals surface area contributed by atoms with Crippen molar-refractivity contribution in [1.82, 2.24) is 9.55 Å². The summed E-state index contributed by atoms with van der Waals surface area (Å²) in [5.41, 5.74) is 7.18. The third-order valence-corrected chi connectivity index (χ3v) is 3.04. The number of anilines is 1. The number of ether oxygens (including phenoxy) is 1. The second-order valence-corrected chi connectivity index (χ2v) is 4.26. The van der Waals surface area contributed by atoms with Gasteiger partial charge >= 0.3 is 0 Å². The predicted octanol–water partition coefficient (Wildman–Crippen LogP) is 2.89. The fourth-order valence-corrected chi connectivity index (χ4v) is 2.12. The lowest BCUT2D eigenvalue weighted by atomic mass is 10.2. The van der Waals surface area contributed by atoms with Crippen LogP contribution in [0, 0.1) is 11.6 Å². The average Bonchev–Trinajstić information content (AvgIpc) is 2.74. The molecule has 0 spiro atoms. The summed E-state index contributed by atoms with van der Waals surface area (Å²) >= 11 is 0. The standard InChI is InChI=1S/C14H11F2N3O/c1-20-9-3-5-13-11(7-9)18-14(17)19(13)12-4-2-8(15)6-10(12)16/h2-7H,1H3,(H2,17,18). The number of nitrogen functional groups attached to an aromatic ring is 1. The number of benzene rings is 2. The Balaban J connectivity index is 2.27. The molecule has 20 heavy (non-hydrogen) atoms. The molecule has 1 aromatic heterocycles. The van der Waals surface area contributed by atoms with Crippen molar-refractivity contribution in [3.8, 4) is 11.4 Å². The molecule has 0 radical (unpaired) electrons. The highest BCUT2D eigenvalue weighted by Crippen LogP contribution is 2.27. The van der Waals surface area contributed by atoms with Gasteiger partial charge in [-0.2, -0.15) is 0 Å². The molecule has 4 nitrogen and oxygen atoms in total. The highest BCUT2D eigenvalue weighted by molar-refractivity contribution is 5.82. The number of imidazole rings is 1. The third kappa shape index (κ3) is 1.85. The number of fused-ring (bicyclic) bond motifs is 1. The molecular weight excluding hydrogens is 264 g/mol. The van der Waals surface area contributed by atoms with Crippen LogP contribution in [0.4, 0.5) is 14.7 Å². The molecule has 6 heteroatoms. The molecule has 1 heterocycles. The quantitative estimate of drug-likeness (QED) is 0.782. The van der Waals surface area contributed by atoms with E-state index in [2.05, 4.69) is 4.98 Å². The summed E-state index contributed by atoms with van der Waals surface area (Å²) in [4.78, 5) is 4.16. The van der Waals surface area contributed by atoms with E-state index in [0.29, 0.717) is 16.8 Å². The number of nitrogens with two attached hydrogens (primary N) is 1. The van der Waals surface area contributed by atoms with Gasteiger partial charge < -0.3 is 10.5 Å². The fraction of sp³-hybridized carbons (Fsp3) is 0.0714. The van der Waals surface area contributed by atoms with E-state index in [0.717, 1.165) is 6.07 Å². The SMILES string of the molecule is COc1ccc2c(c1)nc(N)n2-c1ccc(F)cc1F. The van der Waals surface area contributed by atoms with Gasteiger partial charge in [0.25, 0.3) is 0 Å². The number of halogens is 2. The van der Waals surface area contributed by atoms with Crippen molar-refractivity contribution in [3.63, 3.8) is 0 Å². The van der Waals surface area contributed by atoms with Gasteiger partial charge in [-0.1, -0.05) is 0 Å². The average molecular weight is 275 g/mol. The Hall–Kier alpha value is -2.63. The van der Waals surface area contributed by atoms with Gasteiger partial charge in [-0.25, -0.2) is 13.8 Å². The van der Waals surface area contributed by atoms with Crippen LogP contribution < -0.4 is 10.5 Å². The van der Waals surface area contributed by atoms with Crippen LogP contribution in [0.1, 0.15) is 0 Å². The Morgan fingerprint density at radius 2 is 1.95 bits per heavy atom. The molecule has 2 aromatic carbocycles. The van der Waals surface area contributed by atoms with Gasteiger partial charge in [-0.05, 0) is 24.3 Å². The van der Waals surface area contributed by atoms with Crippen LogP contribution in [0.3, 0.4) is 0 Å². The van der Waals surface area contributed by atoms with Crippen molar-refractivity contribution in [2.24, 2.45) is 0 Å². The summed E-state index contributed by atoms with van der Waals surface area (Å²) in [5.74, 6) is -0.594. The van der Waals surface area contributed by atoms with E-state index < -0.39 is 11.6 Å². The molecule has 0 aliphatic heterocycles. The first-order valence-electron chi connectivity index (χ1n) is 5.87. The molecule has 0 aliphatic rings. The van der Waals surface area contributed by atoms with Crippen molar-refractivity contribution in [2.75, 3.05) is 12.8 Å². The van der Waals surface area contributed by atoms with Crippen LogP contribution in [0.25, 0.3) is 16.7 Å². The number of methoxy groups -OCH3 is 1. The maximum atomic E-state index is 13.9. The summed E-state index contributed by atoms with van der Waals surface area (Å²) in [7, 11) is 1.54. The molecule has 0 atom stereocenters. The third-order valence-electron chi connectivity index (χ3n) is 3.04. The number of aromatic nitrogens is 2. The summed E-state index contributed by atoms with van der Waals surface area (Å²) in [6.45, 7) is 0. The molecule has 102 valence electrons. The van der Waals surface area contributed by atoms with Crippen LogP contribution in [-0.2, 0) is 0 Å². The smallest absolute Gasteiger partial charge is 0.206 e. The van der Waals surface area contributed by atoms with Gasteiger partial charge in [0.2, 0.25) is 5.95 Å². The topological polar surface area (TPSA) is 53.1 Å². The Labute approximate surface area is 113 Å². The maximum Gasteiger partial charge on any atom is 0.206 e. The van der Waals surface area contributed by atoms with Crippen molar-refractivity contribution < 1.29 is 13.5 Å². The zero-order chi connectivity index (χ0) is 14.3. The number of nitrogens with zero attached hydrogens (tertiary/aromatic N) is 2. The van der Waals surface area contributed by atoms with Gasteiger partial charge in [-0.15, -0.1) is 0 Å². The first-order valence-corrected chi connectivity index (χ1v) is 5.87. The lowest BCUT2D eigenvalue weighted by Gasteiger charge is -2.08. The van der Waals surface area contributed by atoms with Gasteiger partial charge in [-0.3, -0.25) is 4.57 Å². The fourth-order valence-electron chi connectivity index (χ4n) is 2.12. The molecule has 0 fully saturated rings. The zero-order valence-corrected chi connectivity index (χ0v) is 10.6. The molecule has 0 amide bonds. The minimum Gasteiger partial charge on any atom is -0.497 e. The summed E-state index contributed by atoms with van der Waals surface area (Å²) in [5, 5.41) is 0. The summed E-state index contributed by atoms with van der Waals surface area (Å²) < 4.78 is 33.4. The van der Waals surface area contributed by atoms with Crippen molar-refractivity contribution in [2.45, 2.75) is 0 Å². The van der Waals surface area contributed by atoms with E-state index in [9.17, 15) is 8.78 Å².